The molecule has 2 amide bonds. The SMILES string of the molecule is CC[C@@H](C(=O)NCc1ccc(F)cc1)N(C(=O)Cn1nnc(-c2ccc(F)cc2)n1)c1ccc(F)c(Cl)c1. The molecule has 1 atom stereocenters. The van der Waals surface area contributed by atoms with Gasteiger partial charge >= 0.3 is 0 Å². The van der Waals surface area contributed by atoms with Crippen LogP contribution in [0.5, 0.6) is 0 Å². The number of rotatable bonds is 9. The molecule has 196 valence electrons. The molecule has 0 radical (unpaired) electrons. The minimum Gasteiger partial charge on any atom is -0.350 e. The number of benzene rings is 3. The van der Waals surface area contributed by atoms with Crippen molar-refractivity contribution in [2.24, 2.45) is 0 Å². The van der Waals surface area contributed by atoms with Crippen LogP contribution in [0.3, 0.4) is 0 Å². The second-order valence-corrected chi connectivity index (χ2v) is 8.69. The fourth-order valence-corrected chi connectivity index (χ4v) is 3.92. The third-order valence-electron chi connectivity index (χ3n) is 5.66. The number of aromatic nitrogens is 4. The van der Waals surface area contributed by atoms with E-state index < -0.39 is 41.9 Å². The summed E-state index contributed by atoms with van der Waals surface area (Å²) in [5, 5.41) is 14.5. The molecule has 4 rings (SSSR count). The van der Waals surface area contributed by atoms with E-state index in [0.29, 0.717) is 11.1 Å². The van der Waals surface area contributed by atoms with Crippen molar-refractivity contribution in [3.8, 4) is 11.4 Å². The number of anilines is 1. The van der Waals surface area contributed by atoms with E-state index in [4.69, 9.17) is 11.6 Å². The van der Waals surface area contributed by atoms with Crippen LogP contribution in [-0.4, -0.2) is 38.1 Å². The minimum atomic E-state index is -0.996. The van der Waals surface area contributed by atoms with Gasteiger partial charge in [0.2, 0.25) is 11.7 Å². The van der Waals surface area contributed by atoms with Crippen LogP contribution in [-0.2, 0) is 22.7 Å². The normalized spacial score (nSPS) is 11.7. The van der Waals surface area contributed by atoms with Gasteiger partial charge in [0.05, 0.1) is 5.02 Å². The van der Waals surface area contributed by atoms with Crippen LogP contribution in [0.15, 0.2) is 66.7 Å². The Morgan fingerprint density at radius 3 is 2.29 bits per heavy atom. The molecule has 0 saturated carbocycles. The van der Waals surface area contributed by atoms with Crippen molar-refractivity contribution in [2.45, 2.75) is 32.5 Å². The molecule has 0 unspecified atom stereocenters. The first-order chi connectivity index (χ1) is 18.2. The van der Waals surface area contributed by atoms with Gasteiger partial charge < -0.3 is 5.32 Å². The number of nitrogens with zero attached hydrogens (tertiary/aromatic N) is 5. The predicted octanol–water partition coefficient (Wildman–Crippen LogP) is 4.54. The van der Waals surface area contributed by atoms with E-state index in [-0.39, 0.29) is 29.5 Å². The summed E-state index contributed by atoms with van der Waals surface area (Å²) in [5.41, 5.74) is 1.36. The number of tetrazole rings is 1. The maximum absolute atomic E-state index is 13.9. The Morgan fingerprint density at radius 1 is 1.00 bits per heavy atom. The smallest absolute Gasteiger partial charge is 0.251 e. The Morgan fingerprint density at radius 2 is 1.66 bits per heavy atom. The summed E-state index contributed by atoms with van der Waals surface area (Å²) in [7, 11) is 0. The molecular formula is C26H22ClF3N6O2. The van der Waals surface area contributed by atoms with Crippen LogP contribution < -0.4 is 10.2 Å². The zero-order chi connectivity index (χ0) is 27.2. The largest absolute Gasteiger partial charge is 0.350 e. The molecule has 8 nitrogen and oxygen atoms in total. The quantitative estimate of drug-likeness (QED) is 0.335. The highest BCUT2D eigenvalue weighted by Crippen LogP contribution is 2.26. The fourth-order valence-electron chi connectivity index (χ4n) is 3.75. The first-order valence-corrected chi connectivity index (χ1v) is 12.0. The number of nitrogens with one attached hydrogen (secondary N) is 1. The topological polar surface area (TPSA) is 93.0 Å². The summed E-state index contributed by atoms with van der Waals surface area (Å²) >= 11 is 5.98. The first kappa shape index (κ1) is 26.8. The van der Waals surface area contributed by atoms with Crippen LogP contribution in [0.2, 0.25) is 5.02 Å². The molecule has 1 aromatic heterocycles. The Hall–Kier alpha value is -4.25. The molecule has 1 heterocycles. The highest BCUT2D eigenvalue weighted by Gasteiger charge is 2.31. The number of carbonyl (C=O) groups is 2. The van der Waals surface area contributed by atoms with Crippen molar-refractivity contribution in [1.82, 2.24) is 25.5 Å². The predicted molar refractivity (Wildman–Crippen MR) is 134 cm³/mol. The van der Waals surface area contributed by atoms with Crippen LogP contribution >= 0.6 is 11.6 Å². The van der Waals surface area contributed by atoms with Crippen molar-refractivity contribution in [3.05, 3.63) is 94.8 Å². The second-order valence-electron chi connectivity index (χ2n) is 8.28. The molecule has 3 aromatic carbocycles. The van der Waals surface area contributed by atoms with Crippen LogP contribution in [0, 0.1) is 17.5 Å². The highest BCUT2D eigenvalue weighted by molar-refractivity contribution is 6.31. The number of hydrogen-bond donors (Lipinski definition) is 1. The molecule has 0 saturated heterocycles. The summed E-state index contributed by atoms with van der Waals surface area (Å²) in [4.78, 5) is 28.9. The van der Waals surface area contributed by atoms with Gasteiger partial charge in [-0.25, -0.2) is 13.2 Å². The van der Waals surface area contributed by atoms with Gasteiger partial charge in [0, 0.05) is 17.8 Å². The molecule has 1 N–H and O–H groups in total. The fraction of sp³-hybridized carbons (Fsp3) is 0.192. The van der Waals surface area contributed by atoms with Gasteiger partial charge in [-0.3, -0.25) is 14.5 Å². The molecule has 38 heavy (non-hydrogen) atoms. The Kier molecular flexibility index (Phi) is 8.37. The van der Waals surface area contributed by atoms with Crippen molar-refractivity contribution in [3.63, 3.8) is 0 Å². The first-order valence-electron chi connectivity index (χ1n) is 11.6. The third kappa shape index (κ3) is 6.35. The van der Waals surface area contributed by atoms with E-state index in [1.165, 1.54) is 65.6 Å². The van der Waals surface area contributed by atoms with Gasteiger partial charge in [0.1, 0.15) is 30.0 Å². The second kappa shape index (κ2) is 11.9. The van der Waals surface area contributed by atoms with Gasteiger partial charge in [-0.15, -0.1) is 10.2 Å². The molecular weight excluding hydrogens is 521 g/mol. The molecule has 0 spiro atoms. The zero-order valence-corrected chi connectivity index (χ0v) is 20.9. The summed E-state index contributed by atoms with van der Waals surface area (Å²) < 4.78 is 40.3. The number of carbonyl (C=O) groups excluding carboxylic acids is 2. The van der Waals surface area contributed by atoms with Crippen molar-refractivity contribution in [2.75, 3.05) is 4.90 Å². The average molecular weight is 543 g/mol. The zero-order valence-electron chi connectivity index (χ0n) is 20.1. The van der Waals surface area contributed by atoms with Gasteiger partial charge in [-0.05, 0) is 71.8 Å². The van der Waals surface area contributed by atoms with E-state index in [9.17, 15) is 22.8 Å². The Labute approximate surface area is 221 Å². The molecule has 4 aromatic rings. The number of amides is 2. The van der Waals surface area contributed by atoms with Gasteiger partial charge in [-0.2, -0.15) is 4.80 Å². The summed E-state index contributed by atoms with van der Waals surface area (Å²) in [6.45, 7) is 1.42. The van der Waals surface area contributed by atoms with Crippen molar-refractivity contribution >= 4 is 29.1 Å². The highest BCUT2D eigenvalue weighted by atomic mass is 35.5. The van der Waals surface area contributed by atoms with Crippen LogP contribution in [0.1, 0.15) is 18.9 Å². The summed E-state index contributed by atoms with van der Waals surface area (Å²) in [6, 6.07) is 13.8. The Bertz CT molecular complexity index is 1430. The third-order valence-corrected chi connectivity index (χ3v) is 5.95. The van der Waals surface area contributed by atoms with Gasteiger partial charge in [-0.1, -0.05) is 30.7 Å². The van der Waals surface area contributed by atoms with Crippen LogP contribution in [0.25, 0.3) is 11.4 Å². The van der Waals surface area contributed by atoms with E-state index in [1.54, 1.807) is 6.92 Å². The number of hydrogen-bond acceptors (Lipinski definition) is 5. The molecule has 0 aliphatic heterocycles. The molecule has 0 bridgehead atoms. The average Bonchev–Trinajstić information content (AvgIpc) is 3.37. The lowest BCUT2D eigenvalue weighted by Crippen LogP contribution is -2.50. The lowest BCUT2D eigenvalue weighted by atomic mass is 10.1. The maximum Gasteiger partial charge on any atom is 0.251 e. The van der Waals surface area contributed by atoms with E-state index in [0.717, 1.165) is 10.9 Å². The summed E-state index contributed by atoms with van der Waals surface area (Å²) in [5.74, 6) is -2.39. The van der Waals surface area contributed by atoms with Gasteiger partial charge in [0.15, 0.2) is 0 Å². The van der Waals surface area contributed by atoms with Crippen molar-refractivity contribution < 1.29 is 22.8 Å². The van der Waals surface area contributed by atoms with Gasteiger partial charge in [0.25, 0.3) is 5.91 Å². The van der Waals surface area contributed by atoms with Crippen molar-refractivity contribution in [1.29, 1.82) is 0 Å². The molecule has 12 heteroatoms. The standard InChI is InChI=1S/C26H22ClF3N6O2/c1-2-23(26(38)31-14-16-3-7-18(28)8-4-16)36(20-11-12-22(30)21(27)13-20)24(37)15-35-33-25(32-34-35)17-5-9-19(29)10-6-17/h3-13,23H,2,14-15H2,1H3,(H,31,38)/t23-/m0/s1. The van der Waals surface area contributed by atoms with E-state index in [2.05, 4.69) is 20.7 Å². The van der Waals surface area contributed by atoms with E-state index in [1.807, 2.05) is 0 Å². The monoisotopic (exact) mass is 542 g/mol. The maximum atomic E-state index is 13.9. The number of halogens is 4. The van der Waals surface area contributed by atoms with Crippen LogP contribution in [0.4, 0.5) is 18.9 Å². The summed E-state index contributed by atoms with van der Waals surface area (Å²) in [6.07, 6.45) is 0.210. The van der Waals surface area contributed by atoms with E-state index >= 15 is 0 Å². The molecule has 0 aliphatic rings. The Balaban J connectivity index is 1.58. The molecule has 0 fully saturated rings. The lowest BCUT2D eigenvalue weighted by molar-refractivity contribution is -0.127. The lowest BCUT2D eigenvalue weighted by Gasteiger charge is -2.30. The molecule has 0 aliphatic carbocycles. The minimum absolute atomic E-state index is 0.105.